The van der Waals surface area contributed by atoms with Gasteiger partial charge in [-0.05, 0) is 18.1 Å². The highest BCUT2D eigenvalue weighted by Crippen LogP contribution is 2.37. The average Bonchev–Trinajstić information content (AvgIpc) is 3.33. The lowest BCUT2D eigenvalue weighted by Crippen LogP contribution is -2.10. The van der Waals surface area contributed by atoms with Gasteiger partial charge in [-0.1, -0.05) is 67.2 Å². The summed E-state index contributed by atoms with van der Waals surface area (Å²) in [7, 11) is 0. The summed E-state index contributed by atoms with van der Waals surface area (Å²) in [5.41, 5.74) is 2.59. The summed E-state index contributed by atoms with van der Waals surface area (Å²) >= 11 is 1.39. The number of H-pyrrole nitrogens is 2. The molecule has 0 radical (unpaired) electrons. The van der Waals surface area contributed by atoms with Crippen LogP contribution in [0.15, 0.2) is 66.0 Å². The SMILES string of the molecule is CCCc1nc(SC(C(=O)c2c[nH]c3ccccc23)c2ccccc2)n[nH]1. The fourth-order valence-corrected chi connectivity index (χ4v) is 4.10. The Balaban J connectivity index is 1.70. The van der Waals surface area contributed by atoms with E-state index < -0.39 is 5.25 Å². The number of ketones is 1. The molecule has 6 heteroatoms. The van der Waals surface area contributed by atoms with Gasteiger partial charge in [-0.25, -0.2) is 4.98 Å². The first-order chi connectivity index (χ1) is 13.3. The maximum Gasteiger partial charge on any atom is 0.209 e. The van der Waals surface area contributed by atoms with Gasteiger partial charge in [0.1, 0.15) is 11.1 Å². The number of Topliss-reactive ketones (excluding diaryl/α,β-unsaturated/α-hetero) is 1. The van der Waals surface area contributed by atoms with Crippen molar-refractivity contribution in [3.63, 3.8) is 0 Å². The minimum absolute atomic E-state index is 0.0468. The van der Waals surface area contributed by atoms with Crippen LogP contribution in [0, 0.1) is 0 Å². The largest absolute Gasteiger partial charge is 0.360 e. The number of nitrogens with zero attached hydrogens (tertiary/aromatic N) is 2. The van der Waals surface area contributed by atoms with Crippen molar-refractivity contribution in [2.75, 3.05) is 0 Å². The number of benzene rings is 2. The van der Waals surface area contributed by atoms with Gasteiger partial charge in [0.05, 0.1) is 0 Å². The zero-order valence-corrected chi connectivity index (χ0v) is 15.8. The number of aromatic amines is 2. The van der Waals surface area contributed by atoms with Gasteiger partial charge in [-0.2, -0.15) is 0 Å². The van der Waals surface area contributed by atoms with Crippen molar-refractivity contribution >= 4 is 28.4 Å². The second-order valence-electron chi connectivity index (χ2n) is 6.34. The molecule has 0 aliphatic rings. The lowest BCUT2D eigenvalue weighted by atomic mass is 10.0. The van der Waals surface area contributed by atoms with Gasteiger partial charge in [-0.15, -0.1) is 5.10 Å². The quantitative estimate of drug-likeness (QED) is 0.353. The van der Waals surface area contributed by atoms with Crippen molar-refractivity contribution < 1.29 is 4.79 Å². The molecule has 0 bridgehead atoms. The first kappa shape index (κ1) is 17.5. The highest BCUT2D eigenvalue weighted by Gasteiger charge is 2.27. The van der Waals surface area contributed by atoms with Gasteiger partial charge in [-0.3, -0.25) is 9.89 Å². The van der Waals surface area contributed by atoms with E-state index in [1.807, 2.05) is 54.6 Å². The molecule has 2 aromatic heterocycles. The third kappa shape index (κ3) is 3.66. The molecule has 0 spiro atoms. The van der Waals surface area contributed by atoms with Gasteiger partial charge in [0, 0.05) is 29.1 Å². The van der Waals surface area contributed by atoms with E-state index in [-0.39, 0.29) is 5.78 Å². The molecule has 0 amide bonds. The van der Waals surface area contributed by atoms with Crippen molar-refractivity contribution in [3.05, 3.63) is 77.7 Å². The Kier molecular flexibility index (Phi) is 5.07. The highest BCUT2D eigenvalue weighted by molar-refractivity contribution is 8.00. The molecule has 5 nitrogen and oxygen atoms in total. The first-order valence-electron chi connectivity index (χ1n) is 8.99. The normalized spacial score (nSPS) is 12.3. The van der Waals surface area contributed by atoms with Crippen LogP contribution < -0.4 is 0 Å². The molecule has 27 heavy (non-hydrogen) atoms. The second-order valence-corrected chi connectivity index (χ2v) is 7.41. The molecule has 136 valence electrons. The Morgan fingerprint density at radius 1 is 1.11 bits per heavy atom. The van der Waals surface area contributed by atoms with Gasteiger partial charge in [0.15, 0.2) is 5.78 Å². The summed E-state index contributed by atoms with van der Waals surface area (Å²) in [6.45, 7) is 2.10. The minimum atomic E-state index is -0.407. The Labute approximate surface area is 161 Å². The Hall–Kier alpha value is -2.86. The van der Waals surface area contributed by atoms with Crippen LogP contribution >= 0.6 is 11.8 Å². The van der Waals surface area contributed by atoms with Gasteiger partial charge < -0.3 is 4.98 Å². The van der Waals surface area contributed by atoms with E-state index in [1.54, 1.807) is 6.20 Å². The molecule has 0 fully saturated rings. The summed E-state index contributed by atoms with van der Waals surface area (Å²) in [5.74, 6) is 0.900. The number of nitrogens with one attached hydrogen (secondary N) is 2. The molecule has 4 aromatic rings. The number of thioether (sulfide) groups is 1. The third-order valence-corrected chi connectivity index (χ3v) is 5.53. The van der Waals surface area contributed by atoms with Crippen molar-refractivity contribution in [1.82, 2.24) is 20.2 Å². The predicted octanol–water partition coefficient (Wildman–Crippen LogP) is 4.95. The first-order valence-corrected chi connectivity index (χ1v) is 9.87. The molecule has 1 unspecified atom stereocenters. The average molecular weight is 376 g/mol. The summed E-state index contributed by atoms with van der Waals surface area (Å²) in [5, 5.41) is 8.39. The van der Waals surface area contributed by atoms with Crippen molar-refractivity contribution in [3.8, 4) is 0 Å². The van der Waals surface area contributed by atoms with Gasteiger partial charge >= 0.3 is 0 Å². The fraction of sp³-hybridized carbons (Fsp3) is 0.190. The number of fused-ring (bicyclic) bond motifs is 1. The summed E-state index contributed by atoms with van der Waals surface area (Å²) in [6.07, 6.45) is 3.64. The summed E-state index contributed by atoms with van der Waals surface area (Å²) in [4.78, 5) is 21.2. The topological polar surface area (TPSA) is 74.4 Å². The number of aryl methyl sites for hydroxylation is 1. The number of rotatable bonds is 7. The van der Waals surface area contributed by atoms with Crippen LogP contribution in [0.5, 0.6) is 0 Å². The maximum absolute atomic E-state index is 13.5. The molecule has 2 N–H and O–H groups in total. The molecule has 0 saturated heterocycles. The zero-order chi connectivity index (χ0) is 18.6. The number of aromatic nitrogens is 4. The third-order valence-electron chi connectivity index (χ3n) is 4.42. The van der Waals surface area contributed by atoms with Crippen LogP contribution in [0.25, 0.3) is 10.9 Å². The highest BCUT2D eigenvalue weighted by atomic mass is 32.2. The smallest absolute Gasteiger partial charge is 0.209 e. The van der Waals surface area contributed by atoms with Crippen molar-refractivity contribution in [1.29, 1.82) is 0 Å². The standard InChI is InChI=1S/C21H20N4OS/c1-2-8-18-23-21(25-24-18)27-20(14-9-4-3-5-10-14)19(26)16-13-22-17-12-7-6-11-15(16)17/h3-7,9-13,20,22H,2,8H2,1H3,(H,23,24,25). The van der Waals surface area contributed by atoms with E-state index in [0.717, 1.165) is 35.1 Å². The van der Waals surface area contributed by atoms with Crippen LogP contribution in [0.4, 0.5) is 0 Å². The molecule has 0 aliphatic heterocycles. The van der Waals surface area contributed by atoms with E-state index >= 15 is 0 Å². The van der Waals surface area contributed by atoms with E-state index in [4.69, 9.17) is 0 Å². The van der Waals surface area contributed by atoms with E-state index in [1.165, 1.54) is 11.8 Å². The van der Waals surface area contributed by atoms with E-state index in [0.29, 0.717) is 10.7 Å². The Morgan fingerprint density at radius 3 is 2.70 bits per heavy atom. The number of carbonyl (C=O) groups excluding carboxylic acids is 1. The number of hydrogen-bond acceptors (Lipinski definition) is 4. The Morgan fingerprint density at radius 2 is 1.89 bits per heavy atom. The molecule has 2 heterocycles. The van der Waals surface area contributed by atoms with Crippen LogP contribution in [0.2, 0.25) is 0 Å². The van der Waals surface area contributed by atoms with Crippen molar-refractivity contribution in [2.45, 2.75) is 30.2 Å². The lowest BCUT2D eigenvalue weighted by molar-refractivity contribution is 0.0991. The van der Waals surface area contributed by atoms with Gasteiger partial charge in [0.2, 0.25) is 5.16 Å². The summed E-state index contributed by atoms with van der Waals surface area (Å²) in [6, 6.07) is 17.7. The maximum atomic E-state index is 13.5. The van der Waals surface area contributed by atoms with Crippen LogP contribution in [0.3, 0.4) is 0 Å². The molecule has 0 aliphatic carbocycles. The minimum Gasteiger partial charge on any atom is -0.360 e. The summed E-state index contributed by atoms with van der Waals surface area (Å²) < 4.78 is 0. The molecular weight excluding hydrogens is 356 g/mol. The van der Waals surface area contributed by atoms with Crippen LogP contribution in [0.1, 0.15) is 40.3 Å². The molecular formula is C21H20N4OS. The van der Waals surface area contributed by atoms with E-state index in [2.05, 4.69) is 27.1 Å². The number of carbonyl (C=O) groups is 1. The molecule has 2 aromatic carbocycles. The lowest BCUT2D eigenvalue weighted by Gasteiger charge is -2.14. The van der Waals surface area contributed by atoms with Crippen LogP contribution in [-0.4, -0.2) is 25.9 Å². The zero-order valence-electron chi connectivity index (χ0n) is 15.0. The molecule has 0 saturated carbocycles. The van der Waals surface area contributed by atoms with Gasteiger partial charge in [0.25, 0.3) is 0 Å². The fourth-order valence-electron chi connectivity index (χ4n) is 3.10. The van der Waals surface area contributed by atoms with Crippen LogP contribution in [-0.2, 0) is 6.42 Å². The second kappa shape index (κ2) is 7.80. The predicted molar refractivity (Wildman–Crippen MR) is 108 cm³/mol. The Bertz CT molecular complexity index is 1050. The van der Waals surface area contributed by atoms with E-state index in [9.17, 15) is 4.79 Å². The number of para-hydroxylation sites is 1. The molecule has 4 rings (SSSR count). The molecule has 1 atom stereocenters. The number of hydrogen-bond donors (Lipinski definition) is 2. The monoisotopic (exact) mass is 376 g/mol. The van der Waals surface area contributed by atoms with Crippen molar-refractivity contribution in [2.24, 2.45) is 0 Å².